The summed E-state index contributed by atoms with van der Waals surface area (Å²) in [6, 6.07) is 7.25. The predicted octanol–water partition coefficient (Wildman–Crippen LogP) is 4.95. The number of nitrogens with one attached hydrogen (secondary N) is 1. The Kier molecular flexibility index (Phi) is 4.87. The number of alkyl halides is 3. The van der Waals surface area contributed by atoms with Crippen molar-refractivity contribution in [1.29, 1.82) is 0 Å². The van der Waals surface area contributed by atoms with Gasteiger partial charge in [-0.25, -0.2) is 9.97 Å². The third-order valence-corrected chi connectivity index (χ3v) is 3.94. The van der Waals surface area contributed by atoms with Gasteiger partial charge in [-0.2, -0.15) is 13.2 Å². The molecule has 0 bridgehead atoms. The maximum atomic E-state index is 12.5. The monoisotopic (exact) mass is 337 g/mol. The predicted molar refractivity (Wildman–Crippen MR) is 84.3 cm³/mol. The molecule has 1 saturated carbocycles. The number of nitrogens with zero attached hydrogens (tertiary/aromatic N) is 2. The van der Waals surface area contributed by atoms with Crippen LogP contribution in [0.25, 0.3) is 0 Å². The van der Waals surface area contributed by atoms with Crippen molar-refractivity contribution in [2.75, 3.05) is 5.32 Å². The second-order valence-electron chi connectivity index (χ2n) is 5.82. The van der Waals surface area contributed by atoms with Crippen molar-refractivity contribution in [3.05, 3.63) is 42.2 Å². The molecule has 2 aromatic rings. The zero-order valence-corrected chi connectivity index (χ0v) is 13.0. The molecule has 7 heteroatoms. The van der Waals surface area contributed by atoms with Gasteiger partial charge in [0.1, 0.15) is 5.75 Å². The van der Waals surface area contributed by atoms with Crippen LogP contribution in [0.3, 0.4) is 0 Å². The van der Waals surface area contributed by atoms with E-state index >= 15 is 0 Å². The van der Waals surface area contributed by atoms with E-state index in [9.17, 15) is 13.2 Å². The molecule has 3 rings (SSSR count). The van der Waals surface area contributed by atoms with E-state index in [0.717, 1.165) is 31.0 Å². The third-order valence-electron chi connectivity index (χ3n) is 3.94. The molecule has 1 heterocycles. The normalized spacial score (nSPS) is 16.0. The van der Waals surface area contributed by atoms with Gasteiger partial charge in [0.05, 0.1) is 11.7 Å². The molecule has 1 N–H and O–H groups in total. The molecule has 0 unspecified atom stereocenters. The van der Waals surface area contributed by atoms with Gasteiger partial charge in [0.25, 0.3) is 0 Å². The fraction of sp³-hybridized carbons (Fsp3) is 0.412. The van der Waals surface area contributed by atoms with Gasteiger partial charge in [0.15, 0.2) is 0 Å². The van der Waals surface area contributed by atoms with Crippen molar-refractivity contribution in [3.8, 4) is 5.75 Å². The highest BCUT2D eigenvalue weighted by molar-refractivity contribution is 5.54. The number of anilines is 2. The molecule has 24 heavy (non-hydrogen) atoms. The van der Waals surface area contributed by atoms with Gasteiger partial charge in [-0.3, -0.25) is 0 Å². The molecule has 0 aliphatic heterocycles. The lowest BCUT2D eigenvalue weighted by Crippen LogP contribution is -2.19. The van der Waals surface area contributed by atoms with Gasteiger partial charge in [-0.05, 0) is 49.9 Å². The van der Waals surface area contributed by atoms with E-state index in [1.54, 1.807) is 12.1 Å². The molecule has 0 saturated heterocycles. The summed E-state index contributed by atoms with van der Waals surface area (Å²) >= 11 is 0. The number of hydrogen-bond donors (Lipinski definition) is 1. The first kappa shape index (κ1) is 16.5. The minimum absolute atomic E-state index is 0.115. The van der Waals surface area contributed by atoms with Crippen LogP contribution in [0.4, 0.5) is 24.8 Å². The van der Waals surface area contributed by atoms with Gasteiger partial charge in [-0.15, -0.1) is 0 Å². The molecule has 0 atom stereocenters. The van der Waals surface area contributed by atoms with Crippen LogP contribution in [0.5, 0.6) is 5.75 Å². The lowest BCUT2D eigenvalue weighted by Gasteiger charge is -2.23. The lowest BCUT2D eigenvalue weighted by molar-refractivity contribution is -0.138. The fourth-order valence-electron chi connectivity index (χ4n) is 2.66. The third kappa shape index (κ3) is 4.37. The molecule has 128 valence electrons. The number of hydrogen-bond acceptors (Lipinski definition) is 4. The van der Waals surface area contributed by atoms with Gasteiger partial charge in [0.2, 0.25) is 5.95 Å². The van der Waals surface area contributed by atoms with Crippen molar-refractivity contribution in [3.63, 3.8) is 0 Å². The topological polar surface area (TPSA) is 47.0 Å². The highest BCUT2D eigenvalue weighted by Crippen LogP contribution is 2.28. The summed E-state index contributed by atoms with van der Waals surface area (Å²) in [4.78, 5) is 7.37. The molecule has 0 amide bonds. The summed E-state index contributed by atoms with van der Waals surface area (Å²) in [6.45, 7) is 0. The van der Waals surface area contributed by atoms with Gasteiger partial charge >= 0.3 is 6.18 Å². The van der Waals surface area contributed by atoms with E-state index in [-0.39, 0.29) is 12.1 Å². The highest BCUT2D eigenvalue weighted by atomic mass is 19.4. The van der Waals surface area contributed by atoms with Gasteiger partial charge < -0.3 is 10.1 Å². The maximum Gasteiger partial charge on any atom is 0.419 e. The number of rotatable bonds is 4. The van der Waals surface area contributed by atoms with Crippen LogP contribution < -0.4 is 10.1 Å². The second kappa shape index (κ2) is 7.07. The molecule has 1 aromatic heterocycles. The van der Waals surface area contributed by atoms with Crippen LogP contribution in [0.15, 0.2) is 36.7 Å². The van der Waals surface area contributed by atoms with Crippen LogP contribution in [-0.4, -0.2) is 16.1 Å². The number of aromatic nitrogens is 2. The van der Waals surface area contributed by atoms with Crippen LogP contribution in [0.2, 0.25) is 0 Å². The smallest absolute Gasteiger partial charge is 0.419 e. The summed E-state index contributed by atoms with van der Waals surface area (Å²) in [7, 11) is 0. The van der Waals surface area contributed by atoms with E-state index in [4.69, 9.17) is 4.74 Å². The van der Waals surface area contributed by atoms with E-state index in [1.165, 1.54) is 19.3 Å². The van der Waals surface area contributed by atoms with Crippen LogP contribution in [0, 0.1) is 0 Å². The fourth-order valence-corrected chi connectivity index (χ4v) is 2.66. The standard InChI is InChI=1S/C17H18F3N3O/c18-17(19,20)12-10-21-16(22-11-12)23-13-6-8-15(9-7-13)24-14-4-2-1-3-5-14/h6-11,14H,1-5H2,(H,21,22,23). The first-order chi connectivity index (χ1) is 11.5. The molecule has 1 fully saturated rings. The largest absolute Gasteiger partial charge is 0.490 e. The molecular weight excluding hydrogens is 319 g/mol. The van der Waals surface area contributed by atoms with Crippen LogP contribution in [-0.2, 0) is 6.18 Å². The van der Waals surface area contributed by atoms with E-state index in [2.05, 4.69) is 15.3 Å². The quantitative estimate of drug-likeness (QED) is 0.857. The van der Waals surface area contributed by atoms with Crippen molar-refractivity contribution in [2.24, 2.45) is 0 Å². The number of benzene rings is 1. The number of ether oxygens (including phenoxy) is 1. The summed E-state index contributed by atoms with van der Waals surface area (Å²) in [6.07, 6.45) is 3.21. The molecule has 1 aromatic carbocycles. The Balaban J connectivity index is 1.59. The Hall–Kier alpha value is -2.31. The van der Waals surface area contributed by atoms with E-state index in [0.29, 0.717) is 5.69 Å². The van der Waals surface area contributed by atoms with E-state index in [1.807, 2.05) is 12.1 Å². The molecule has 1 aliphatic carbocycles. The molecule has 4 nitrogen and oxygen atoms in total. The van der Waals surface area contributed by atoms with Crippen molar-refractivity contribution in [1.82, 2.24) is 9.97 Å². The molecule has 1 aliphatic rings. The Labute approximate surface area is 138 Å². The Morgan fingerprint density at radius 1 is 0.958 bits per heavy atom. The zero-order valence-electron chi connectivity index (χ0n) is 13.0. The average Bonchev–Trinajstić information content (AvgIpc) is 2.57. The Morgan fingerprint density at radius 2 is 1.58 bits per heavy atom. The SMILES string of the molecule is FC(F)(F)c1cnc(Nc2ccc(OC3CCCCC3)cc2)nc1. The summed E-state index contributed by atoms with van der Waals surface area (Å²) in [5.41, 5.74) is -0.185. The molecule has 0 spiro atoms. The Morgan fingerprint density at radius 3 is 2.17 bits per heavy atom. The molecular formula is C17H18F3N3O. The summed E-state index contributed by atoms with van der Waals surface area (Å²) in [5.74, 6) is 0.907. The van der Waals surface area contributed by atoms with Crippen molar-refractivity contribution in [2.45, 2.75) is 44.4 Å². The van der Waals surface area contributed by atoms with Gasteiger partial charge in [-0.1, -0.05) is 6.42 Å². The zero-order chi connectivity index (χ0) is 17.0. The first-order valence-corrected chi connectivity index (χ1v) is 7.94. The molecule has 0 radical (unpaired) electrons. The summed E-state index contributed by atoms with van der Waals surface area (Å²) < 4.78 is 43.3. The summed E-state index contributed by atoms with van der Waals surface area (Å²) in [5, 5.41) is 2.87. The average molecular weight is 337 g/mol. The second-order valence-corrected chi connectivity index (χ2v) is 5.82. The van der Waals surface area contributed by atoms with Crippen molar-refractivity contribution >= 4 is 11.6 Å². The van der Waals surface area contributed by atoms with Gasteiger partial charge in [0, 0.05) is 18.1 Å². The minimum Gasteiger partial charge on any atom is -0.490 e. The maximum absolute atomic E-state index is 12.5. The lowest BCUT2D eigenvalue weighted by atomic mass is 9.98. The van der Waals surface area contributed by atoms with Crippen LogP contribution >= 0.6 is 0 Å². The first-order valence-electron chi connectivity index (χ1n) is 7.94. The van der Waals surface area contributed by atoms with Crippen LogP contribution in [0.1, 0.15) is 37.7 Å². The van der Waals surface area contributed by atoms with Crippen molar-refractivity contribution < 1.29 is 17.9 Å². The highest BCUT2D eigenvalue weighted by Gasteiger charge is 2.31. The van der Waals surface area contributed by atoms with E-state index < -0.39 is 11.7 Å². The Bertz CT molecular complexity index is 650. The minimum atomic E-state index is -4.43. The number of halogens is 3.